The summed E-state index contributed by atoms with van der Waals surface area (Å²) in [4.78, 5) is 12.2. The van der Waals surface area contributed by atoms with Crippen molar-refractivity contribution in [1.29, 1.82) is 0 Å². The van der Waals surface area contributed by atoms with Gasteiger partial charge in [-0.25, -0.2) is 0 Å². The predicted molar refractivity (Wildman–Crippen MR) is 110 cm³/mol. The second-order valence-corrected chi connectivity index (χ2v) is 9.02. The first kappa shape index (κ1) is 25.8. The number of rotatable bonds is 9. The second-order valence-electron chi connectivity index (χ2n) is 9.02. The van der Waals surface area contributed by atoms with Crippen LogP contribution in [0.25, 0.3) is 0 Å². The van der Waals surface area contributed by atoms with Crippen molar-refractivity contribution in [3.8, 4) is 0 Å². The summed E-state index contributed by atoms with van der Waals surface area (Å²) in [6.07, 6.45) is -5.10. The van der Waals surface area contributed by atoms with Gasteiger partial charge < -0.3 is 15.4 Å². The van der Waals surface area contributed by atoms with Crippen LogP contribution < -0.4 is 10.6 Å². The summed E-state index contributed by atoms with van der Waals surface area (Å²) in [6.45, 7) is 3.23. The lowest BCUT2D eigenvalue weighted by atomic mass is 9.94. The van der Waals surface area contributed by atoms with Crippen molar-refractivity contribution in [3.63, 3.8) is 0 Å². The molecule has 0 radical (unpaired) electrons. The smallest absolute Gasteiger partial charge is 0.381 e. The summed E-state index contributed by atoms with van der Waals surface area (Å²) in [7, 11) is 0. The van der Waals surface area contributed by atoms with Crippen LogP contribution in [0.5, 0.6) is 0 Å². The molecule has 2 unspecified atom stereocenters. The molecule has 1 aromatic rings. The van der Waals surface area contributed by atoms with Crippen LogP contribution in [0.2, 0.25) is 0 Å². The van der Waals surface area contributed by atoms with Crippen LogP contribution in [0.3, 0.4) is 0 Å². The highest BCUT2D eigenvalue weighted by molar-refractivity contribution is 5.75. The van der Waals surface area contributed by atoms with Crippen molar-refractivity contribution < 1.29 is 35.9 Å². The quantitative estimate of drug-likeness (QED) is 0.472. The second kappa shape index (κ2) is 10.6. The highest BCUT2D eigenvalue weighted by atomic mass is 19.4. The van der Waals surface area contributed by atoms with Crippen molar-refractivity contribution >= 4 is 5.91 Å². The lowest BCUT2D eigenvalue weighted by molar-refractivity contribution is -0.143. The fraction of sp³-hybridized carbons (Fsp3) is 0.696. The van der Waals surface area contributed by atoms with Crippen LogP contribution in [-0.2, 0) is 28.4 Å². The maximum Gasteiger partial charge on any atom is 0.416 e. The molecule has 1 amide bonds. The van der Waals surface area contributed by atoms with E-state index in [0.29, 0.717) is 36.4 Å². The Bertz CT molecular complexity index is 763. The first-order valence-corrected chi connectivity index (χ1v) is 11.4. The average molecular weight is 480 g/mol. The van der Waals surface area contributed by atoms with Gasteiger partial charge >= 0.3 is 12.4 Å². The van der Waals surface area contributed by atoms with Gasteiger partial charge in [0.1, 0.15) is 0 Å². The Kier molecular flexibility index (Phi) is 8.31. The minimum absolute atomic E-state index is 0.0772. The number of hydrogen-bond donors (Lipinski definition) is 2. The van der Waals surface area contributed by atoms with E-state index in [1.54, 1.807) is 0 Å². The van der Waals surface area contributed by atoms with Crippen molar-refractivity contribution in [1.82, 2.24) is 10.6 Å². The number of fused-ring (bicyclic) bond motifs is 2. The van der Waals surface area contributed by atoms with Crippen LogP contribution in [-0.4, -0.2) is 31.2 Å². The Morgan fingerprint density at radius 2 is 1.61 bits per heavy atom. The molecule has 186 valence electrons. The van der Waals surface area contributed by atoms with Crippen LogP contribution in [0.15, 0.2) is 18.2 Å². The van der Waals surface area contributed by atoms with E-state index in [4.69, 9.17) is 4.74 Å². The van der Waals surface area contributed by atoms with Gasteiger partial charge in [0.15, 0.2) is 0 Å². The number of halogens is 6. The number of alkyl halides is 6. The third-order valence-electron chi connectivity index (χ3n) is 6.60. The molecule has 4 nitrogen and oxygen atoms in total. The number of hydrogen-bond acceptors (Lipinski definition) is 3. The van der Waals surface area contributed by atoms with E-state index < -0.39 is 35.9 Å². The number of benzene rings is 1. The molecule has 1 aromatic carbocycles. The summed E-state index contributed by atoms with van der Waals surface area (Å²) in [5, 5.41) is 6.16. The Balaban J connectivity index is 1.48. The third-order valence-corrected chi connectivity index (χ3v) is 6.60. The summed E-state index contributed by atoms with van der Waals surface area (Å²) >= 11 is 0. The van der Waals surface area contributed by atoms with E-state index in [0.717, 1.165) is 38.9 Å². The summed E-state index contributed by atoms with van der Waals surface area (Å²) in [5.74, 6) is 0.646. The molecule has 2 fully saturated rings. The molecular weight excluding hydrogens is 450 g/mol. The number of amides is 1. The molecule has 2 aliphatic rings. The molecular formula is C23H30F6N2O2. The largest absolute Gasteiger partial charge is 0.416 e. The molecule has 3 atom stereocenters. The van der Waals surface area contributed by atoms with E-state index in [1.165, 1.54) is 0 Å². The summed E-state index contributed by atoms with van der Waals surface area (Å²) in [5.41, 5.74) is -3.02. The van der Waals surface area contributed by atoms with E-state index in [2.05, 4.69) is 17.6 Å². The van der Waals surface area contributed by atoms with Gasteiger partial charge in [-0.2, -0.15) is 26.3 Å². The molecule has 0 spiro atoms. The molecule has 1 aliphatic heterocycles. The molecule has 1 heterocycles. The topological polar surface area (TPSA) is 50.4 Å². The monoisotopic (exact) mass is 480 g/mol. The van der Waals surface area contributed by atoms with Crippen LogP contribution in [0, 0.1) is 11.8 Å². The molecule has 10 heteroatoms. The van der Waals surface area contributed by atoms with E-state index in [1.807, 2.05) is 0 Å². The molecule has 2 N–H and O–H groups in total. The zero-order chi connectivity index (χ0) is 24.2. The highest BCUT2D eigenvalue weighted by Gasteiger charge is 2.40. The number of carbonyl (C=O) groups excluding carboxylic acids is 1. The number of nitrogens with one attached hydrogen (secondary N) is 2. The Hall–Kier alpha value is -1.81. The number of ether oxygens (including phenoxy) is 1. The first-order chi connectivity index (χ1) is 15.5. The maximum absolute atomic E-state index is 13.0. The third kappa shape index (κ3) is 7.09. The van der Waals surface area contributed by atoms with Crippen molar-refractivity contribution in [2.75, 3.05) is 13.2 Å². The predicted octanol–water partition coefficient (Wildman–Crippen LogP) is 5.30. The maximum atomic E-state index is 13.0. The Labute approximate surface area is 189 Å². The van der Waals surface area contributed by atoms with E-state index in [9.17, 15) is 31.1 Å². The fourth-order valence-electron chi connectivity index (χ4n) is 4.79. The standard InChI is InChI=1S/C23H30F6N2O2/c1-2-19(31-21-15-6-7-16(21)13-33-12-15)4-3-5-20(32)30-11-14-8-17(22(24,25)26)10-18(9-14)23(27,28)29/h8-10,15-16,19,21,31H,2-7,11-13H2,1H3,(H,30,32)/t15?,16?,19-,21?/m0/s1. The Morgan fingerprint density at radius 3 is 2.12 bits per heavy atom. The van der Waals surface area contributed by atoms with Gasteiger partial charge in [-0.1, -0.05) is 6.92 Å². The zero-order valence-corrected chi connectivity index (χ0v) is 18.5. The summed E-state index contributed by atoms with van der Waals surface area (Å²) in [6, 6.07) is 2.03. The van der Waals surface area contributed by atoms with Gasteiger partial charge in [-0.15, -0.1) is 0 Å². The van der Waals surface area contributed by atoms with Gasteiger partial charge in [-0.3, -0.25) is 4.79 Å². The zero-order valence-electron chi connectivity index (χ0n) is 18.5. The molecule has 1 aliphatic carbocycles. The van der Waals surface area contributed by atoms with E-state index >= 15 is 0 Å². The van der Waals surface area contributed by atoms with Gasteiger partial charge in [0.25, 0.3) is 0 Å². The average Bonchev–Trinajstić information content (AvgIpc) is 2.95. The van der Waals surface area contributed by atoms with E-state index in [-0.39, 0.29) is 24.1 Å². The van der Waals surface area contributed by atoms with Crippen LogP contribution in [0.4, 0.5) is 26.3 Å². The normalized spacial score (nSPS) is 24.0. The van der Waals surface area contributed by atoms with Gasteiger partial charge in [-0.05, 0) is 67.7 Å². The van der Waals surface area contributed by atoms with Gasteiger partial charge in [0.2, 0.25) is 5.91 Å². The van der Waals surface area contributed by atoms with Crippen molar-refractivity contribution in [2.45, 2.75) is 76.4 Å². The molecule has 1 saturated carbocycles. The fourth-order valence-corrected chi connectivity index (χ4v) is 4.79. The summed E-state index contributed by atoms with van der Waals surface area (Å²) < 4.78 is 83.4. The van der Waals surface area contributed by atoms with Gasteiger partial charge in [0, 0.05) is 25.0 Å². The lowest BCUT2D eigenvalue weighted by Crippen LogP contribution is -2.48. The lowest BCUT2D eigenvalue weighted by Gasteiger charge is -2.34. The number of carbonyl (C=O) groups is 1. The molecule has 33 heavy (non-hydrogen) atoms. The Morgan fingerprint density at radius 1 is 1.03 bits per heavy atom. The molecule has 1 saturated heterocycles. The minimum atomic E-state index is -4.91. The molecule has 3 rings (SSSR count). The molecule has 2 bridgehead atoms. The highest BCUT2D eigenvalue weighted by Crippen LogP contribution is 2.37. The SMILES string of the molecule is CC[C@@H](CCCC(=O)NCc1cc(C(F)(F)F)cc(C(F)(F)F)c1)NC1C2CCC1COC2. The van der Waals surface area contributed by atoms with Crippen LogP contribution >= 0.6 is 0 Å². The van der Waals surface area contributed by atoms with Crippen molar-refractivity contribution in [3.05, 3.63) is 34.9 Å². The molecule has 0 aromatic heterocycles. The van der Waals surface area contributed by atoms with Gasteiger partial charge in [0.05, 0.1) is 24.3 Å². The van der Waals surface area contributed by atoms with Crippen molar-refractivity contribution in [2.24, 2.45) is 11.8 Å². The van der Waals surface area contributed by atoms with Crippen LogP contribution in [0.1, 0.15) is 62.1 Å². The first-order valence-electron chi connectivity index (χ1n) is 11.4. The minimum Gasteiger partial charge on any atom is -0.381 e.